The van der Waals surface area contributed by atoms with E-state index in [1.807, 2.05) is 16.7 Å². The van der Waals surface area contributed by atoms with Crippen molar-refractivity contribution in [2.75, 3.05) is 12.4 Å². The smallest absolute Gasteiger partial charge is 0.154 e. The van der Waals surface area contributed by atoms with Crippen LogP contribution >= 0.6 is 0 Å². The van der Waals surface area contributed by atoms with Crippen molar-refractivity contribution in [3.8, 4) is 5.75 Å². The molecule has 2 aromatic heterocycles. The number of benzene rings is 1. The number of pyridine rings is 1. The number of aliphatic hydroxyl groups excluding tert-OH is 1. The Kier molecular flexibility index (Phi) is 3.76. The van der Waals surface area contributed by atoms with Crippen LogP contribution in [0.1, 0.15) is 22.1 Å². The van der Waals surface area contributed by atoms with Gasteiger partial charge in [-0.25, -0.2) is 4.98 Å². The van der Waals surface area contributed by atoms with Gasteiger partial charge in [-0.3, -0.25) is 4.79 Å². The maximum atomic E-state index is 11.2. The van der Waals surface area contributed by atoms with E-state index in [2.05, 4.69) is 10.3 Å². The van der Waals surface area contributed by atoms with Crippen molar-refractivity contribution in [3.05, 3.63) is 60.0 Å². The van der Waals surface area contributed by atoms with E-state index >= 15 is 0 Å². The highest BCUT2D eigenvalue weighted by Crippen LogP contribution is 2.25. The molecule has 3 aromatic rings. The van der Waals surface area contributed by atoms with Crippen LogP contribution in [0.15, 0.2) is 48.9 Å². The number of aliphatic hydroxyl groups is 1. The van der Waals surface area contributed by atoms with E-state index < -0.39 is 6.23 Å². The third-order valence-corrected chi connectivity index (χ3v) is 3.42. The summed E-state index contributed by atoms with van der Waals surface area (Å²) in [4.78, 5) is 15.4. The molecule has 2 heterocycles. The minimum atomic E-state index is -0.988. The molecular weight excluding hydrogens is 282 g/mol. The van der Waals surface area contributed by atoms with Gasteiger partial charge in [0.1, 0.15) is 11.4 Å². The van der Waals surface area contributed by atoms with Gasteiger partial charge in [-0.15, -0.1) is 0 Å². The van der Waals surface area contributed by atoms with Gasteiger partial charge < -0.3 is 19.6 Å². The van der Waals surface area contributed by atoms with Crippen LogP contribution in [-0.4, -0.2) is 27.9 Å². The monoisotopic (exact) mass is 297 g/mol. The number of hydrogen-bond acceptors (Lipinski definition) is 5. The molecule has 22 heavy (non-hydrogen) atoms. The lowest BCUT2D eigenvalue weighted by atomic mass is 10.1. The SMILES string of the molecule is COc1ccc(NC(O)c2cccn3ccnc23)c(C=O)c1. The average Bonchev–Trinajstić information content (AvgIpc) is 3.03. The molecular formula is C16H15N3O3. The van der Waals surface area contributed by atoms with Crippen molar-refractivity contribution in [1.29, 1.82) is 0 Å². The molecule has 0 aliphatic heterocycles. The number of nitrogens with zero attached hydrogens (tertiary/aromatic N) is 2. The third kappa shape index (κ3) is 2.51. The normalized spacial score (nSPS) is 12.1. The van der Waals surface area contributed by atoms with Crippen LogP contribution in [0.4, 0.5) is 5.69 Å². The van der Waals surface area contributed by atoms with Crippen LogP contribution < -0.4 is 10.1 Å². The number of anilines is 1. The van der Waals surface area contributed by atoms with Crippen molar-refractivity contribution in [3.63, 3.8) is 0 Å². The molecule has 112 valence electrons. The van der Waals surface area contributed by atoms with Gasteiger partial charge in [-0.2, -0.15) is 0 Å². The molecule has 2 N–H and O–H groups in total. The van der Waals surface area contributed by atoms with Gasteiger partial charge in [0.05, 0.1) is 7.11 Å². The third-order valence-electron chi connectivity index (χ3n) is 3.42. The summed E-state index contributed by atoms with van der Waals surface area (Å²) in [6.07, 6.45) is 5.04. The second kappa shape index (κ2) is 5.87. The van der Waals surface area contributed by atoms with E-state index in [4.69, 9.17) is 4.74 Å². The molecule has 3 rings (SSSR count). The molecule has 0 spiro atoms. The second-order valence-electron chi connectivity index (χ2n) is 4.74. The summed E-state index contributed by atoms with van der Waals surface area (Å²) in [5.41, 5.74) is 2.22. The lowest BCUT2D eigenvalue weighted by Gasteiger charge is -2.17. The second-order valence-corrected chi connectivity index (χ2v) is 4.74. The topological polar surface area (TPSA) is 75.9 Å². The van der Waals surface area contributed by atoms with Crippen LogP contribution in [0.2, 0.25) is 0 Å². The molecule has 0 saturated carbocycles. The van der Waals surface area contributed by atoms with Crippen molar-refractivity contribution in [2.45, 2.75) is 6.23 Å². The number of fused-ring (bicyclic) bond motifs is 1. The molecule has 1 aromatic carbocycles. The number of methoxy groups -OCH3 is 1. The predicted molar refractivity (Wildman–Crippen MR) is 82.2 cm³/mol. The lowest BCUT2D eigenvalue weighted by Crippen LogP contribution is -2.12. The highest BCUT2D eigenvalue weighted by atomic mass is 16.5. The first kappa shape index (κ1) is 14.1. The van der Waals surface area contributed by atoms with Gasteiger partial charge in [-0.05, 0) is 30.3 Å². The number of aromatic nitrogens is 2. The van der Waals surface area contributed by atoms with Crippen molar-refractivity contribution >= 4 is 17.6 Å². The Hall–Kier alpha value is -2.86. The number of rotatable bonds is 5. The van der Waals surface area contributed by atoms with Crippen LogP contribution in [0, 0.1) is 0 Å². The summed E-state index contributed by atoms with van der Waals surface area (Å²) in [7, 11) is 1.53. The minimum absolute atomic E-state index is 0.411. The molecule has 1 atom stereocenters. The standard InChI is InChI=1S/C16H15N3O3/c1-22-12-4-5-14(11(9-12)10-20)18-16(21)13-3-2-7-19-8-6-17-15(13)19/h2-10,16,18,21H,1H3. The van der Waals surface area contributed by atoms with Gasteiger partial charge in [0, 0.05) is 35.4 Å². The summed E-state index contributed by atoms with van der Waals surface area (Å²) >= 11 is 0. The Labute approximate surface area is 127 Å². The number of aldehydes is 1. The van der Waals surface area contributed by atoms with E-state index in [0.717, 1.165) is 0 Å². The fourth-order valence-corrected chi connectivity index (χ4v) is 2.31. The van der Waals surface area contributed by atoms with Crippen molar-refractivity contribution in [1.82, 2.24) is 9.38 Å². The minimum Gasteiger partial charge on any atom is -0.497 e. The molecule has 0 aliphatic carbocycles. The molecule has 0 fully saturated rings. The Morgan fingerprint density at radius 1 is 1.36 bits per heavy atom. The largest absolute Gasteiger partial charge is 0.497 e. The maximum absolute atomic E-state index is 11.2. The molecule has 0 saturated heterocycles. The van der Waals surface area contributed by atoms with Gasteiger partial charge in [0.15, 0.2) is 12.5 Å². The van der Waals surface area contributed by atoms with Crippen LogP contribution in [0.5, 0.6) is 5.75 Å². The van der Waals surface area contributed by atoms with Crippen LogP contribution in [-0.2, 0) is 0 Å². The van der Waals surface area contributed by atoms with Crippen LogP contribution in [0.25, 0.3) is 5.65 Å². The Morgan fingerprint density at radius 2 is 2.23 bits per heavy atom. The number of imidazole rings is 1. The van der Waals surface area contributed by atoms with E-state index in [1.54, 1.807) is 36.7 Å². The maximum Gasteiger partial charge on any atom is 0.154 e. The molecule has 0 aliphatic rings. The number of carbonyl (C=O) groups excluding carboxylic acids is 1. The zero-order valence-electron chi connectivity index (χ0n) is 11.9. The zero-order valence-corrected chi connectivity index (χ0v) is 11.9. The summed E-state index contributed by atoms with van der Waals surface area (Å²) < 4.78 is 6.90. The Balaban J connectivity index is 1.92. The highest BCUT2D eigenvalue weighted by molar-refractivity contribution is 5.85. The first-order chi connectivity index (χ1) is 10.7. The zero-order chi connectivity index (χ0) is 15.5. The molecule has 1 unspecified atom stereocenters. The first-order valence-electron chi connectivity index (χ1n) is 6.72. The van der Waals surface area contributed by atoms with Gasteiger partial charge in [0.2, 0.25) is 0 Å². The van der Waals surface area contributed by atoms with Gasteiger partial charge in [0.25, 0.3) is 0 Å². The summed E-state index contributed by atoms with van der Waals surface area (Å²) in [5, 5.41) is 13.4. The fourth-order valence-electron chi connectivity index (χ4n) is 2.31. The quantitative estimate of drug-likeness (QED) is 0.558. The van der Waals surface area contributed by atoms with Gasteiger partial charge >= 0.3 is 0 Å². The number of carbonyl (C=O) groups is 1. The Bertz CT molecular complexity index is 813. The number of hydrogen-bond donors (Lipinski definition) is 2. The van der Waals surface area contributed by atoms with Crippen molar-refractivity contribution in [2.24, 2.45) is 0 Å². The van der Waals surface area contributed by atoms with Crippen molar-refractivity contribution < 1.29 is 14.6 Å². The van der Waals surface area contributed by atoms with E-state index in [1.165, 1.54) is 7.11 Å². The van der Waals surface area contributed by atoms with Gasteiger partial charge in [-0.1, -0.05) is 0 Å². The summed E-state index contributed by atoms with van der Waals surface area (Å²) in [6, 6.07) is 8.63. The lowest BCUT2D eigenvalue weighted by molar-refractivity contribution is 0.112. The summed E-state index contributed by atoms with van der Waals surface area (Å²) in [5.74, 6) is 0.581. The molecule has 0 radical (unpaired) electrons. The van der Waals surface area contributed by atoms with Crippen LogP contribution in [0.3, 0.4) is 0 Å². The number of ether oxygens (including phenoxy) is 1. The molecule has 0 bridgehead atoms. The highest BCUT2D eigenvalue weighted by Gasteiger charge is 2.14. The molecule has 6 nitrogen and oxygen atoms in total. The Morgan fingerprint density at radius 3 is 3.00 bits per heavy atom. The predicted octanol–water partition coefficient (Wildman–Crippen LogP) is 2.26. The molecule has 0 amide bonds. The number of nitrogens with one attached hydrogen (secondary N) is 1. The van der Waals surface area contributed by atoms with E-state index in [-0.39, 0.29) is 0 Å². The molecule has 6 heteroatoms. The van der Waals surface area contributed by atoms with E-state index in [0.29, 0.717) is 34.5 Å². The first-order valence-corrected chi connectivity index (χ1v) is 6.72. The summed E-state index contributed by atoms with van der Waals surface area (Å²) in [6.45, 7) is 0. The van der Waals surface area contributed by atoms with E-state index in [9.17, 15) is 9.90 Å². The average molecular weight is 297 g/mol. The fraction of sp³-hybridized carbons (Fsp3) is 0.125.